The monoisotopic (exact) mass is 461 g/mol. The van der Waals surface area contributed by atoms with Gasteiger partial charge in [-0.25, -0.2) is 13.4 Å². The molecule has 31 heavy (non-hydrogen) atoms. The van der Waals surface area contributed by atoms with E-state index in [2.05, 4.69) is 4.98 Å². The fraction of sp³-hybridized carbons (Fsp3) is 0.455. The van der Waals surface area contributed by atoms with E-state index in [-0.39, 0.29) is 16.6 Å². The van der Waals surface area contributed by atoms with Crippen molar-refractivity contribution in [2.45, 2.75) is 48.2 Å². The first-order valence-corrected chi connectivity index (χ1v) is 12.9. The van der Waals surface area contributed by atoms with Gasteiger partial charge in [0.05, 0.1) is 17.9 Å². The molecule has 2 aliphatic rings. The lowest BCUT2D eigenvalue weighted by Gasteiger charge is -2.22. The number of rotatable bonds is 9. The van der Waals surface area contributed by atoms with Crippen molar-refractivity contribution in [3.05, 3.63) is 48.2 Å². The summed E-state index contributed by atoms with van der Waals surface area (Å²) in [7, 11) is -1.83. The molecule has 0 atom stereocenters. The lowest BCUT2D eigenvalue weighted by Crippen LogP contribution is -2.34. The molecule has 0 unspecified atom stereocenters. The molecule has 2 fully saturated rings. The van der Waals surface area contributed by atoms with E-state index < -0.39 is 10.0 Å². The molecule has 7 nitrogen and oxygen atoms in total. The smallest absolute Gasteiger partial charge is 0.244 e. The van der Waals surface area contributed by atoms with E-state index in [4.69, 9.17) is 4.74 Å². The van der Waals surface area contributed by atoms with Crippen molar-refractivity contribution in [3.63, 3.8) is 0 Å². The molecule has 1 amide bonds. The second-order valence-electron chi connectivity index (χ2n) is 7.83. The summed E-state index contributed by atoms with van der Waals surface area (Å²) >= 11 is 1.34. The summed E-state index contributed by atoms with van der Waals surface area (Å²) in [5.74, 6) is 1.14. The minimum Gasteiger partial charge on any atom is -0.497 e. The Morgan fingerprint density at radius 3 is 2.45 bits per heavy atom. The van der Waals surface area contributed by atoms with Crippen LogP contribution in [0.5, 0.6) is 5.75 Å². The van der Waals surface area contributed by atoms with Crippen molar-refractivity contribution in [1.82, 2.24) is 14.2 Å². The number of carbonyl (C=O) groups is 1. The highest BCUT2D eigenvalue weighted by molar-refractivity contribution is 7.99. The minimum absolute atomic E-state index is 0.0684. The van der Waals surface area contributed by atoms with Crippen molar-refractivity contribution in [1.29, 1.82) is 0 Å². The van der Waals surface area contributed by atoms with Crippen LogP contribution >= 0.6 is 11.8 Å². The molecule has 0 N–H and O–H groups in total. The van der Waals surface area contributed by atoms with Gasteiger partial charge in [0.25, 0.3) is 0 Å². The lowest BCUT2D eigenvalue weighted by molar-refractivity contribution is -0.129. The van der Waals surface area contributed by atoms with Crippen LogP contribution < -0.4 is 4.74 Å². The zero-order chi connectivity index (χ0) is 21.8. The Balaban J connectivity index is 1.35. The molecule has 4 rings (SSSR count). The van der Waals surface area contributed by atoms with Crippen molar-refractivity contribution in [3.8, 4) is 5.75 Å². The zero-order valence-corrected chi connectivity index (χ0v) is 19.2. The number of thioether (sulfide) groups is 1. The summed E-state index contributed by atoms with van der Waals surface area (Å²) in [6.07, 6.45) is 5.27. The molecule has 166 valence electrons. The Morgan fingerprint density at radius 2 is 1.87 bits per heavy atom. The summed E-state index contributed by atoms with van der Waals surface area (Å²) in [5.41, 5.74) is 1.07. The van der Waals surface area contributed by atoms with Crippen molar-refractivity contribution < 1.29 is 17.9 Å². The van der Waals surface area contributed by atoms with Crippen molar-refractivity contribution in [2.24, 2.45) is 0 Å². The third-order valence-corrected chi connectivity index (χ3v) is 8.39. The molecule has 2 heterocycles. The zero-order valence-electron chi connectivity index (χ0n) is 17.6. The molecular formula is C22H27N3O4S2. The van der Waals surface area contributed by atoms with Gasteiger partial charge in [0.1, 0.15) is 10.6 Å². The quantitative estimate of drug-likeness (QED) is 0.534. The van der Waals surface area contributed by atoms with Gasteiger partial charge < -0.3 is 9.64 Å². The van der Waals surface area contributed by atoms with Gasteiger partial charge in [-0.1, -0.05) is 23.9 Å². The van der Waals surface area contributed by atoms with Gasteiger partial charge in [-0.05, 0) is 55.5 Å². The summed E-state index contributed by atoms with van der Waals surface area (Å²) in [4.78, 5) is 19.3. The van der Waals surface area contributed by atoms with Gasteiger partial charge in [0.15, 0.2) is 0 Å². The topological polar surface area (TPSA) is 79.8 Å². The Hall–Kier alpha value is -2.10. The molecule has 2 aromatic rings. The number of aromatic nitrogens is 1. The van der Waals surface area contributed by atoms with Crippen LogP contribution in [0.25, 0.3) is 0 Å². The van der Waals surface area contributed by atoms with Gasteiger partial charge in [-0.2, -0.15) is 4.31 Å². The Labute approximate surface area is 187 Å². The predicted octanol–water partition coefficient (Wildman–Crippen LogP) is 3.16. The van der Waals surface area contributed by atoms with E-state index in [0.717, 1.165) is 37.0 Å². The minimum atomic E-state index is -3.47. The molecule has 9 heteroatoms. The third-order valence-electron chi connectivity index (χ3n) is 5.58. The molecule has 1 aliphatic carbocycles. The second kappa shape index (κ2) is 9.58. The number of pyridine rings is 1. The molecule has 0 bridgehead atoms. The number of benzene rings is 1. The number of nitrogens with zero attached hydrogens (tertiary/aromatic N) is 3. The number of hydrogen-bond acceptors (Lipinski definition) is 6. The van der Waals surface area contributed by atoms with Gasteiger partial charge in [-0.15, -0.1) is 0 Å². The van der Waals surface area contributed by atoms with Crippen LogP contribution in [-0.4, -0.2) is 60.5 Å². The van der Waals surface area contributed by atoms with Crippen LogP contribution in [0.3, 0.4) is 0 Å². The fourth-order valence-electron chi connectivity index (χ4n) is 3.64. The number of hydrogen-bond donors (Lipinski definition) is 0. The summed E-state index contributed by atoms with van der Waals surface area (Å²) in [5, 5.41) is 0.647. The van der Waals surface area contributed by atoms with Crippen LogP contribution in [0.15, 0.2) is 52.5 Å². The average Bonchev–Trinajstić information content (AvgIpc) is 3.47. The van der Waals surface area contributed by atoms with Gasteiger partial charge >= 0.3 is 0 Å². The molecule has 0 radical (unpaired) electrons. The maximum absolute atomic E-state index is 12.9. The van der Waals surface area contributed by atoms with Gasteiger partial charge in [-0.3, -0.25) is 4.79 Å². The first kappa shape index (κ1) is 22.1. The van der Waals surface area contributed by atoms with Crippen molar-refractivity contribution in [2.75, 3.05) is 26.0 Å². The van der Waals surface area contributed by atoms with Gasteiger partial charge in [0.2, 0.25) is 15.9 Å². The predicted molar refractivity (Wildman–Crippen MR) is 120 cm³/mol. The molecule has 1 saturated carbocycles. The third kappa shape index (κ3) is 5.39. The number of carbonyl (C=O) groups excluding carboxylic acids is 1. The van der Waals surface area contributed by atoms with E-state index >= 15 is 0 Å². The van der Waals surface area contributed by atoms with Crippen LogP contribution in [0, 0.1) is 0 Å². The van der Waals surface area contributed by atoms with Crippen LogP contribution in [0.1, 0.15) is 31.2 Å². The second-order valence-corrected chi connectivity index (χ2v) is 10.8. The van der Waals surface area contributed by atoms with E-state index in [1.54, 1.807) is 19.2 Å². The molecule has 1 aliphatic heterocycles. The number of methoxy groups -OCH3 is 1. The number of ether oxygens (including phenoxy) is 1. The summed E-state index contributed by atoms with van der Waals surface area (Å²) in [6, 6.07) is 11.3. The van der Waals surface area contributed by atoms with E-state index in [0.29, 0.717) is 30.7 Å². The van der Waals surface area contributed by atoms with Crippen LogP contribution in [0.4, 0.5) is 0 Å². The lowest BCUT2D eigenvalue weighted by atomic mass is 10.2. The molecule has 1 aromatic heterocycles. The van der Waals surface area contributed by atoms with E-state index in [1.165, 1.54) is 22.3 Å². The number of amides is 1. The first-order chi connectivity index (χ1) is 15.0. The highest BCUT2D eigenvalue weighted by Gasteiger charge is 2.32. The molecular weight excluding hydrogens is 434 g/mol. The normalized spacial score (nSPS) is 16.9. The highest BCUT2D eigenvalue weighted by atomic mass is 32.2. The van der Waals surface area contributed by atoms with E-state index in [1.807, 2.05) is 29.2 Å². The maximum atomic E-state index is 12.9. The number of sulfonamides is 1. The Morgan fingerprint density at radius 1 is 1.16 bits per heavy atom. The fourth-order valence-corrected chi connectivity index (χ4v) is 5.83. The van der Waals surface area contributed by atoms with Gasteiger partial charge in [0, 0.05) is 31.9 Å². The first-order valence-electron chi connectivity index (χ1n) is 10.5. The molecule has 0 spiro atoms. The summed E-state index contributed by atoms with van der Waals surface area (Å²) in [6.45, 7) is 1.71. The largest absolute Gasteiger partial charge is 0.497 e. The summed E-state index contributed by atoms with van der Waals surface area (Å²) < 4.78 is 31.9. The molecule has 1 aromatic carbocycles. The highest BCUT2D eigenvalue weighted by Crippen LogP contribution is 2.30. The maximum Gasteiger partial charge on any atom is 0.244 e. The van der Waals surface area contributed by atoms with Crippen molar-refractivity contribution >= 4 is 27.7 Å². The molecule has 1 saturated heterocycles. The van der Waals surface area contributed by atoms with Crippen LogP contribution in [0.2, 0.25) is 0 Å². The van der Waals surface area contributed by atoms with E-state index in [9.17, 15) is 13.2 Å². The standard InChI is InChI=1S/C22H27N3O4S2/c1-29-19-8-4-17(5-9-19)15-25(18-6-7-18)22(26)16-30-21-11-10-20(14-23-21)31(27,28)24-12-2-3-13-24/h4-5,8-11,14,18H,2-3,6-7,12-13,15-16H2,1H3. The Kier molecular flexibility index (Phi) is 6.83. The average molecular weight is 462 g/mol. The Bertz CT molecular complexity index is 1000. The van der Waals surface area contributed by atoms with Crippen LogP contribution in [-0.2, 0) is 21.4 Å². The SMILES string of the molecule is COc1ccc(CN(C(=O)CSc2ccc(S(=O)(=O)N3CCCC3)cn2)C2CC2)cc1.